The molecule has 0 fully saturated rings. The van der Waals surface area contributed by atoms with Gasteiger partial charge in [0.05, 0.1) is 5.52 Å². The molecule has 0 saturated carbocycles. The van der Waals surface area contributed by atoms with Crippen LogP contribution in [0.25, 0.3) is 10.9 Å². The molecule has 0 N–H and O–H groups in total. The van der Waals surface area contributed by atoms with Crippen LogP contribution >= 0.6 is 15.9 Å². The van der Waals surface area contributed by atoms with Gasteiger partial charge in [-0.15, -0.1) is 0 Å². The van der Waals surface area contributed by atoms with Crippen LogP contribution in [0.15, 0.2) is 30.5 Å². The first kappa shape index (κ1) is 9.78. The molecular formula is C12H14BrN. The normalized spacial score (nSPS) is 11.0. The van der Waals surface area contributed by atoms with E-state index < -0.39 is 0 Å². The Balaban J connectivity index is 2.46. The number of alkyl halides is 1. The average molecular weight is 252 g/mol. The van der Waals surface area contributed by atoms with Crippen LogP contribution in [-0.4, -0.2) is 9.90 Å². The molecule has 0 saturated heterocycles. The molecule has 0 aliphatic heterocycles. The molecule has 0 radical (unpaired) electrons. The molecular weight excluding hydrogens is 238 g/mol. The lowest BCUT2D eigenvalue weighted by molar-refractivity contribution is 0.914. The fourth-order valence-electron chi connectivity index (χ4n) is 1.90. The number of aryl methyl sites for hydroxylation is 2. The fraction of sp³-hybridized carbons (Fsp3) is 0.333. The summed E-state index contributed by atoms with van der Waals surface area (Å²) in [6, 6.07) is 8.72. The molecule has 1 heterocycles. The van der Waals surface area contributed by atoms with Gasteiger partial charge in [-0.25, -0.2) is 0 Å². The first-order valence-corrected chi connectivity index (χ1v) is 6.04. The molecule has 2 aromatic rings. The molecule has 0 atom stereocenters. The summed E-state index contributed by atoms with van der Waals surface area (Å²) >= 11 is 3.47. The third-order valence-corrected chi connectivity index (χ3v) is 3.12. The predicted molar refractivity (Wildman–Crippen MR) is 65.0 cm³/mol. The van der Waals surface area contributed by atoms with Crippen LogP contribution in [0.1, 0.15) is 12.0 Å². The van der Waals surface area contributed by atoms with Crippen molar-refractivity contribution in [3.05, 3.63) is 36.0 Å². The first-order valence-electron chi connectivity index (χ1n) is 4.92. The zero-order valence-corrected chi connectivity index (χ0v) is 9.92. The minimum atomic E-state index is 1.08. The van der Waals surface area contributed by atoms with Gasteiger partial charge in [-0.2, -0.15) is 0 Å². The highest BCUT2D eigenvalue weighted by Gasteiger charge is 2.03. The van der Waals surface area contributed by atoms with Gasteiger partial charge in [0.2, 0.25) is 0 Å². The van der Waals surface area contributed by atoms with Gasteiger partial charge in [-0.3, -0.25) is 0 Å². The minimum absolute atomic E-state index is 1.08. The molecule has 2 heteroatoms. The number of halogens is 1. The van der Waals surface area contributed by atoms with Gasteiger partial charge < -0.3 is 4.57 Å². The Labute approximate surface area is 92.9 Å². The third-order valence-electron chi connectivity index (χ3n) is 2.56. The zero-order valence-electron chi connectivity index (χ0n) is 8.33. The van der Waals surface area contributed by atoms with Gasteiger partial charge in [0.15, 0.2) is 0 Å². The number of benzene rings is 1. The van der Waals surface area contributed by atoms with Crippen molar-refractivity contribution in [2.75, 3.05) is 5.33 Å². The first-order chi connectivity index (χ1) is 6.83. The Morgan fingerprint density at radius 1 is 1.29 bits per heavy atom. The maximum absolute atomic E-state index is 3.47. The van der Waals surface area contributed by atoms with Crippen molar-refractivity contribution < 1.29 is 0 Å². The van der Waals surface area contributed by atoms with Crippen molar-refractivity contribution in [2.45, 2.75) is 12.8 Å². The summed E-state index contributed by atoms with van der Waals surface area (Å²) in [5.41, 5.74) is 2.84. The van der Waals surface area contributed by atoms with E-state index in [1.807, 2.05) is 0 Å². The number of hydrogen-bond acceptors (Lipinski definition) is 0. The smallest absolute Gasteiger partial charge is 0.0510 e. The fourth-order valence-corrected chi connectivity index (χ4v) is 2.18. The topological polar surface area (TPSA) is 4.93 Å². The molecule has 2 rings (SSSR count). The number of fused-ring (bicyclic) bond motifs is 1. The van der Waals surface area contributed by atoms with Crippen LogP contribution in [-0.2, 0) is 13.5 Å². The van der Waals surface area contributed by atoms with Crippen molar-refractivity contribution in [1.29, 1.82) is 0 Å². The van der Waals surface area contributed by atoms with E-state index in [0.29, 0.717) is 0 Å². The lowest BCUT2D eigenvalue weighted by atomic mass is 10.1. The average Bonchev–Trinajstić information content (AvgIpc) is 2.58. The third kappa shape index (κ3) is 1.71. The summed E-state index contributed by atoms with van der Waals surface area (Å²) in [6.45, 7) is 0. The maximum Gasteiger partial charge on any atom is 0.0510 e. The molecule has 1 aromatic heterocycles. The van der Waals surface area contributed by atoms with Crippen LogP contribution < -0.4 is 0 Å². The van der Waals surface area contributed by atoms with E-state index in [0.717, 1.165) is 11.8 Å². The number of rotatable bonds is 3. The van der Waals surface area contributed by atoms with Crippen LogP contribution in [0.4, 0.5) is 0 Å². The maximum atomic E-state index is 3.47. The van der Waals surface area contributed by atoms with Gasteiger partial charge in [-0.05, 0) is 29.9 Å². The standard InChI is InChI=1S/C12H14BrN/c1-14-9-7-11-5-2-4-10(12(11)14)6-3-8-13/h2,4-5,7,9H,3,6,8H2,1H3. The second-order valence-corrected chi connectivity index (χ2v) is 4.37. The van der Waals surface area contributed by atoms with Crippen LogP contribution in [0.2, 0.25) is 0 Å². The van der Waals surface area contributed by atoms with Gasteiger partial charge in [0.25, 0.3) is 0 Å². The Bertz CT molecular complexity index is 431. The summed E-state index contributed by atoms with van der Waals surface area (Å²) in [5.74, 6) is 0. The number of aromatic nitrogens is 1. The van der Waals surface area contributed by atoms with Gasteiger partial charge in [0, 0.05) is 18.6 Å². The number of hydrogen-bond donors (Lipinski definition) is 0. The number of para-hydroxylation sites is 1. The van der Waals surface area contributed by atoms with Gasteiger partial charge in [-0.1, -0.05) is 34.1 Å². The number of nitrogens with zero attached hydrogens (tertiary/aromatic N) is 1. The molecule has 0 aliphatic carbocycles. The summed E-state index contributed by atoms with van der Waals surface area (Å²) in [7, 11) is 2.11. The lowest BCUT2D eigenvalue weighted by Gasteiger charge is -2.04. The SMILES string of the molecule is Cn1ccc2cccc(CCCBr)c21. The van der Waals surface area contributed by atoms with Crippen molar-refractivity contribution >= 4 is 26.8 Å². The highest BCUT2D eigenvalue weighted by atomic mass is 79.9. The molecule has 0 spiro atoms. The van der Waals surface area contributed by atoms with Crippen LogP contribution in [0, 0.1) is 0 Å². The Kier molecular flexibility index (Phi) is 2.92. The predicted octanol–water partition coefficient (Wildman–Crippen LogP) is 3.51. The molecule has 1 aromatic carbocycles. The molecule has 0 aliphatic rings. The quantitative estimate of drug-likeness (QED) is 0.737. The molecule has 74 valence electrons. The summed E-state index contributed by atoms with van der Waals surface area (Å²) in [4.78, 5) is 0. The highest BCUT2D eigenvalue weighted by molar-refractivity contribution is 9.09. The van der Waals surface area contributed by atoms with E-state index in [1.54, 1.807) is 0 Å². The van der Waals surface area contributed by atoms with E-state index in [2.05, 4.69) is 58.0 Å². The van der Waals surface area contributed by atoms with E-state index in [-0.39, 0.29) is 0 Å². The molecule has 0 bridgehead atoms. The van der Waals surface area contributed by atoms with Crippen molar-refractivity contribution in [3.63, 3.8) is 0 Å². The van der Waals surface area contributed by atoms with Gasteiger partial charge in [0.1, 0.15) is 0 Å². The summed E-state index contributed by atoms with van der Waals surface area (Å²) in [5, 5.41) is 2.42. The van der Waals surface area contributed by atoms with E-state index in [1.165, 1.54) is 22.9 Å². The zero-order chi connectivity index (χ0) is 9.97. The second-order valence-electron chi connectivity index (χ2n) is 3.57. The van der Waals surface area contributed by atoms with E-state index in [9.17, 15) is 0 Å². The van der Waals surface area contributed by atoms with Crippen LogP contribution in [0.3, 0.4) is 0 Å². The van der Waals surface area contributed by atoms with Gasteiger partial charge >= 0.3 is 0 Å². The Hall–Kier alpha value is -0.760. The van der Waals surface area contributed by atoms with E-state index >= 15 is 0 Å². The summed E-state index contributed by atoms with van der Waals surface area (Å²) < 4.78 is 2.21. The molecule has 1 nitrogen and oxygen atoms in total. The minimum Gasteiger partial charge on any atom is -0.350 e. The Morgan fingerprint density at radius 3 is 2.93 bits per heavy atom. The Morgan fingerprint density at radius 2 is 2.14 bits per heavy atom. The highest BCUT2D eigenvalue weighted by Crippen LogP contribution is 2.20. The lowest BCUT2D eigenvalue weighted by Crippen LogP contribution is -1.92. The van der Waals surface area contributed by atoms with Crippen LogP contribution in [0.5, 0.6) is 0 Å². The van der Waals surface area contributed by atoms with Crippen molar-refractivity contribution in [1.82, 2.24) is 4.57 Å². The second kappa shape index (κ2) is 4.18. The molecule has 0 amide bonds. The van der Waals surface area contributed by atoms with Crippen molar-refractivity contribution in [3.8, 4) is 0 Å². The monoisotopic (exact) mass is 251 g/mol. The molecule has 14 heavy (non-hydrogen) atoms. The largest absolute Gasteiger partial charge is 0.350 e. The summed E-state index contributed by atoms with van der Waals surface area (Å²) in [6.07, 6.45) is 4.48. The van der Waals surface area contributed by atoms with E-state index in [4.69, 9.17) is 0 Å². The molecule has 0 unspecified atom stereocenters. The van der Waals surface area contributed by atoms with Crippen molar-refractivity contribution in [2.24, 2.45) is 7.05 Å².